The second-order valence-electron chi connectivity index (χ2n) is 8.29. The Balaban J connectivity index is 1.42. The summed E-state index contributed by atoms with van der Waals surface area (Å²) in [6.07, 6.45) is 4.84. The number of anilines is 2. The van der Waals surface area contributed by atoms with Gasteiger partial charge in [0.25, 0.3) is 11.8 Å². The van der Waals surface area contributed by atoms with Crippen LogP contribution in [0.5, 0.6) is 0 Å². The summed E-state index contributed by atoms with van der Waals surface area (Å²) in [5.74, 6) is 5.72. The molecule has 176 valence electrons. The largest absolute Gasteiger partial charge is 0.383 e. The van der Waals surface area contributed by atoms with E-state index in [1.807, 2.05) is 22.9 Å². The summed E-state index contributed by atoms with van der Waals surface area (Å²) in [6.45, 7) is 1.66. The highest BCUT2D eigenvalue weighted by Gasteiger charge is 2.37. The second kappa shape index (κ2) is 9.19. The third-order valence-corrected chi connectivity index (χ3v) is 7.24. The van der Waals surface area contributed by atoms with Crippen molar-refractivity contribution in [2.45, 2.75) is 31.8 Å². The molecule has 0 unspecified atom stereocenters. The zero-order valence-corrected chi connectivity index (χ0v) is 20.0. The summed E-state index contributed by atoms with van der Waals surface area (Å²) in [5, 5.41) is 8.47. The topological polar surface area (TPSA) is 119 Å². The first-order valence-electron chi connectivity index (χ1n) is 11.1. The SMILES string of the molecule is CC#CC(=O)N(C)[C@H]1C[C@@H](n2nc(-c3ccc(C(=O)Nc4ccccn4)s3)c3c(N)nccc32)C1. The van der Waals surface area contributed by atoms with Crippen molar-refractivity contribution in [3.8, 4) is 22.4 Å². The fourth-order valence-corrected chi connectivity index (χ4v) is 5.09. The number of fused-ring (bicyclic) bond motifs is 1. The molecule has 5 rings (SSSR count). The molecule has 1 fully saturated rings. The molecule has 0 atom stereocenters. The summed E-state index contributed by atoms with van der Waals surface area (Å²) in [4.78, 5) is 36.3. The number of nitrogen functional groups attached to an aromatic ring is 1. The van der Waals surface area contributed by atoms with Gasteiger partial charge in [0, 0.05) is 25.5 Å². The molecule has 9 nitrogen and oxygen atoms in total. The lowest BCUT2D eigenvalue weighted by Crippen LogP contribution is -2.46. The minimum atomic E-state index is -0.237. The molecule has 4 aromatic rings. The predicted molar refractivity (Wildman–Crippen MR) is 136 cm³/mol. The van der Waals surface area contributed by atoms with Crippen LogP contribution in [0.25, 0.3) is 21.5 Å². The number of nitrogens with two attached hydrogens (primary N) is 1. The highest BCUT2D eigenvalue weighted by molar-refractivity contribution is 7.17. The Morgan fingerprint density at radius 1 is 1.17 bits per heavy atom. The Bertz CT molecular complexity index is 1480. The number of aromatic nitrogens is 4. The summed E-state index contributed by atoms with van der Waals surface area (Å²) in [5.41, 5.74) is 7.84. The van der Waals surface area contributed by atoms with Gasteiger partial charge >= 0.3 is 0 Å². The van der Waals surface area contributed by atoms with Crippen LogP contribution in [0.3, 0.4) is 0 Å². The van der Waals surface area contributed by atoms with Gasteiger partial charge in [-0.05, 0) is 56.0 Å². The maximum absolute atomic E-state index is 12.7. The molecule has 35 heavy (non-hydrogen) atoms. The van der Waals surface area contributed by atoms with Gasteiger partial charge in [-0.3, -0.25) is 14.3 Å². The molecule has 4 aromatic heterocycles. The molecule has 0 spiro atoms. The molecule has 0 radical (unpaired) electrons. The van der Waals surface area contributed by atoms with E-state index in [-0.39, 0.29) is 23.9 Å². The zero-order valence-electron chi connectivity index (χ0n) is 19.2. The molecular weight excluding hydrogens is 462 g/mol. The second-order valence-corrected chi connectivity index (χ2v) is 9.37. The Hall–Kier alpha value is -4.23. The van der Waals surface area contributed by atoms with Crippen molar-refractivity contribution in [2.75, 3.05) is 18.1 Å². The van der Waals surface area contributed by atoms with E-state index < -0.39 is 0 Å². The number of rotatable bonds is 5. The van der Waals surface area contributed by atoms with Crippen molar-refractivity contribution in [1.82, 2.24) is 24.6 Å². The van der Waals surface area contributed by atoms with Crippen molar-refractivity contribution in [2.24, 2.45) is 0 Å². The Kier molecular flexibility index (Phi) is 5.93. The van der Waals surface area contributed by atoms with Gasteiger partial charge in [-0.15, -0.1) is 11.3 Å². The standard InChI is InChI=1S/C25H23N7O2S/c1-3-6-21(33)31(2)15-13-16(14-15)32-17-10-12-28-24(26)22(17)23(30-32)18-8-9-19(35-18)25(34)29-20-7-4-5-11-27-20/h4-5,7-12,15-16H,13-14H2,1-2H3,(H2,26,28)(H,27,29,34)/t15-,16+. The number of hydrogen-bond donors (Lipinski definition) is 2. The van der Waals surface area contributed by atoms with E-state index in [0.717, 1.165) is 28.6 Å². The van der Waals surface area contributed by atoms with E-state index in [9.17, 15) is 9.59 Å². The number of pyridine rings is 2. The van der Waals surface area contributed by atoms with Gasteiger partial charge < -0.3 is 16.0 Å². The summed E-state index contributed by atoms with van der Waals surface area (Å²) in [7, 11) is 1.78. The monoisotopic (exact) mass is 485 g/mol. The minimum Gasteiger partial charge on any atom is -0.383 e. The third-order valence-electron chi connectivity index (χ3n) is 6.15. The van der Waals surface area contributed by atoms with E-state index in [1.165, 1.54) is 11.3 Å². The molecule has 10 heteroatoms. The molecule has 2 amide bonds. The zero-order chi connectivity index (χ0) is 24.5. The number of carbonyl (C=O) groups excluding carboxylic acids is 2. The Morgan fingerprint density at radius 2 is 2.00 bits per heavy atom. The highest BCUT2D eigenvalue weighted by Crippen LogP contribution is 2.41. The van der Waals surface area contributed by atoms with Gasteiger partial charge in [0.2, 0.25) is 0 Å². The number of nitrogens with one attached hydrogen (secondary N) is 1. The fraction of sp³-hybridized carbons (Fsp3) is 0.240. The van der Waals surface area contributed by atoms with Crippen LogP contribution >= 0.6 is 11.3 Å². The number of hydrogen-bond acceptors (Lipinski definition) is 7. The van der Waals surface area contributed by atoms with E-state index in [2.05, 4.69) is 27.1 Å². The molecule has 1 aliphatic rings. The molecule has 1 saturated carbocycles. The van der Waals surface area contributed by atoms with E-state index in [0.29, 0.717) is 22.2 Å². The first-order valence-corrected chi connectivity index (χ1v) is 11.9. The van der Waals surface area contributed by atoms with Crippen LogP contribution in [-0.4, -0.2) is 49.6 Å². The minimum absolute atomic E-state index is 0.110. The maximum Gasteiger partial charge on any atom is 0.298 e. The van der Waals surface area contributed by atoms with Gasteiger partial charge in [-0.1, -0.05) is 12.0 Å². The molecule has 0 bridgehead atoms. The van der Waals surface area contributed by atoms with Gasteiger partial charge in [0.05, 0.1) is 26.7 Å². The average Bonchev–Trinajstić information content (AvgIpc) is 3.45. The average molecular weight is 486 g/mol. The number of carbonyl (C=O) groups is 2. The number of amides is 2. The smallest absolute Gasteiger partial charge is 0.298 e. The highest BCUT2D eigenvalue weighted by atomic mass is 32.1. The lowest BCUT2D eigenvalue weighted by atomic mass is 9.85. The fourth-order valence-electron chi connectivity index (χ4n) is 4.20. The van der Waals surface area contributed by atoms with Crippen molar-refractivity contribution >= 4 is 45.7 Å². The van der Waals surface area contributed by atoms with Gasteiger partial charge in [0.1, 0.15) is 17.3 Å². The van der Waals surface area contributed by atoms with Crippen LogP contribution in [0.2, 0.25) is 0 Å². The van der Waals surface area contributed by atoms with Gasteiger partial charge in [-0.25, -0.2) is 9.97 Å². The van der Waals surface area contributed by atoms with E-state index in [1.54, 1.807) is 49.5 Å². The third kappa shape index (κ3) is 4.22. The van der Waals surface area contributed by atoms with Crippen molar-refractivity contribution in [3.05, 3.63) is 53.7 Å². The van der Waals surface area contributed by atoms with E-state index >= 15 is 0 Å². The molecule has 0 saturated heterocycles. The first kappa shape index (κ1) is 22.6. The first-order chi connectivity index (χ1) is 17.0. The van der Waals surface area contributed by atoms with Crippen LogP contribution in [0.1, 0.15) is 35.5 Å². The number of nitrogens with zero attached hydrogens (tertiary/aromatic N) is 5. The number of thiophene rings is 1. The Morgan fingerprint density at radius 3 is 2.74 bits per heavy atom. The molecule has 0 aliphatic heterocycles. The lowest BCUT2D eigenvalue weighted by Gasteiger charge is -2.40. The summed E-state index contributed by atoms with van der Waals surface area (Å²) < 4.78 is 1.97. The van der Waals surface area contributed by atoms with Crippen LogP contribution in [0.4, 0.5) is 11.6 Å². The predicted octanol–water partition coefficient (Wildman–Crippen LogP) is 3.57. The van der Waals surface area contributed by atoms with Gasteiger partial charge in [0.15, 0.2) is 0 Å². The van der Waals surface area contributed by atoms with Crippen molar-refractivity contribution < 1.29 is 9.59 Å². The van der Waals surface area contributed by atoms with Crippen molar-refractivity contribution in [1.29, 1.82) is 0 Å². The van der Waals surface area contributed by atoms with Crippen LogP contribution < -0.4 is 11.1 Å². The van der Waals surface area contributed by atoms with Crippen LogP contribution in [0.15, 0.2) is 48.8 Å². The maximum atomic E-state index is 12.7. The normalized spacial score (nSPS) is 16.7. The summed E-state index contributed by atoms with van der Waals surface area (Å²) >= 11 is 1.34. The molecule has 4 heterocycles. The van der Waals surface area contributed by atoms with Gasteiger partial charge in [-0.2, -0.15) is 5.10 Å². The molecule has 3 N–H and O–H groups in total. The lowest BCUT2D eigenvalue weighted by molar-refractivity contribution is -0.128. The summed E-state index contributed by atoms with van der Waals surface area (Å²) in [6, 6.07) is 11.1. The van der Waals surface area contributed by atoms with Crippen molar-refractivity contribution in [3.63, 3.8) is 0 Å². The van der Waals surface area contributed by atoms with Crippen LogP contribution in [-0.2, 0) is 4.79 Å². The Labute approximate surface area is 206 Å². The quantitative estimate of drug-likeness (QED) is 0.417. The van der Waals surface area contributed by atoms with Crippen LogP contribution in [0, 0.1) is 11.8 Å². The van der Waals surface area contributed by atoms with E-state index in [4.69, 9.17) is 10.8 Å². The molecule has 1 aliphatic carbocycles. The molecular formula is C25H23N7O2S. The molecule has 0 aromatic carbocycles.